The normalized spacial score (nSPS) is 19.4. The average Bonchev–Trinajstić information content (AvgIpc) is 3.09. The third-order valence-electron chi connectivity index (χ3n) is 3.13. The molecular weight excluding hydrogens is 298 g/mol. The van der Waals surface area contributed by atoms with Gasteiger partial charge >= 0.3 is 0 Å². The number of hydrogen-bond donors (Lipinski definition) is 0. The SMILES string of the molecule is O=C(c1ccc(Br)o1)N1CCC(n2cccn2)C1. The third-order valence-corrected chi connectivity index (χ3v) is 3.56. The Hall–Kier alpha value is -1.56. The van der Waals surface area contributed by atoms with E-state index in [0.29, 0.717) is 17.0 Å². The topological polar surface area (TPSA) is 51.3 Å². The van der Waals surface area contributed by atoms with E-state index in [2.05, 4.69) is 21.0 Å². The van der Waals surface area contributed by atoms with Crippen LogP contribution in [0.4, 0.5) is 0 Å². The molecule has 1 unspecified atom stereocenters. The summed E-state index contributed by atoms with van der Waals surface area (Å²) in [7, 11) is 0. The molecule has 0 spiro atoms. The minimum Gasteiger partial charge on any atom is -0.444 e. The molecule has 18 heavy (non-hydrogen) atoms. The Balaban J connectivity index is 1.70. The Morgan fingerprint density at radius 3 is 3.06 bits per heavy atom. The molecule has 5 nitrogen and oxygen atoms in total. The van der Waals surface area contributed by atoms with Crippen molar-refractivity contribution < 1.29 is 9.21 Å². The van der Waals surface area contributed by atoms with Crippen LogP contribution >= 0.6 is 15.9 Å². The lowest BCUT2D eigenvalue weighted by atomic mass is 10.3. The predicted molar refractivity (Wildman–Crippen MR) is 68.2 cm³/mol. The van der Waals surface area contributed by atoms with Crippen molar-refractivity contribution in [2.24, 2.45) is 0 Å². The van der Waals surface area contributed by atoms with Gasteiger partial charge in [-0.25, -0.2) is 0 Å². The highest BCUT2D eigenvalue weighted by Gasteiger charge is 2.29. The Labute approximate surface area is 112 Å². The largest absolute Gasteiger partial charge is 0.444 e. The van der Waals surface area contributed by atoms with Crippen LogP contribution in [0, 0.1) is 0 Å². The van der Waals surface area contributed by atoms with Gasteiger partial charge in [-0.2, -0.15) is 5.10 Å². The number of halogens is 1. The number of likely N-dealkylation sites (tertiary alicyclic amines) is 1. The molecule has 0 bridgehead atoms. The van der Waals surface area contributed by atoms with E-state index in [1.807, 2.05) is 16.9 Å². The first-order chi connectivity index (χ1) is 8.74. The van der Waals surface area contributed by atoms with Crippen LogP contribution in [0.15, 0.2) is 39.7 Å². The molecule has 1 amide bonds. The van der Waals surface area contributed by atoms with Crippen LogP contribution in [-0.4, -0.2) is 33.7 Å². The molecule has 1 fully saturated rings. The summed E-state index contributed by atoms with van der Waals surface area (Å²) in [6.07, 6.45) is 4.62. The van der Waals surface area contributed by atoms with E-state index in [4.69, 9.17) is 4.42 Å². The van der Waals surface area contributed by atoms with E-state index < -0.39 is 0 Å². The molecule has 1 aliphatic heterocycles. The van der Waals surface area contributed by atoms with Crippen LogP contribution in [0.25, 0.3) is 0 Å². The van der Waals surface area contributed by atoms with Crippen molar-refractivity contribution in [2.75, 3.05) is 13.1 Å². The Morgan fingerprint density at radius 1 is 1.50 bits per heavy atom. The van der Waals surface area contributed by atoms with Gasteiger partial charge < -0.3 is 9.32 Å². The number of nitrogens with zero attached hydrogens (tertiary/aromatic N) is 3. The fourth-order valence-electron chi connectivity index (χ4n) is 2.22. The van der Waals surface area contributed by atoms with E-state index in [0.717, 1.165) is 13.0 Å². The molecule has 0 aromatic carbocycles. The van der Waals surface area contributed by atoms with E-state index in [-0.39, 0.29) is 11.9 Å². The van der Waals surface area contributed by atoms with E-state index in [1.54, 1.807) is 23.2 Å². The van der Waals surface area contributed by atoms with Gasteiger partial charge in [-0.3, -0.25) is 9.48 Å². The van der Waals surface area contributed by atoms with Crippen molar-refractivity contribution in [3.63, 3.8) is 0 Å². The Morgan fingerprint density at radius 2 is 2.39 bits per heavy atom. The fourth-order valence-corrected chi connectivity index (χ4v) is 2.53. The number of aromatic nitrogens is 2. The predicted octanol–water partition coefficient (Wildman–Crippen LogP) is 2.33. The van der Waals surface area contributed by atoms with Gasteiger partial charge in [0.25, 0.3) is 5.91 Å². The van der Waals surface area contributed by atoms with Crippen molar-refractivity contribution in [1.82, 2.24) is 14.7 Å². The molecule has 0 N–H and O–H groups in total. The van der Waals surface area contributed by atoms with Crippen LogP contribution < -0.4 is 0 Å². The van der Waals surface area contributed by atoms with Crippen LogP contribution in [0.1, 0.15) is 23.0 Å². The zero-order chi connectivity index (χ0) is 12.5. The number of hydrogen-bond acceptors (Lipinski definition) is 3. The molecule has 2 aromatic rings. The second-order valence-corrected chi connectivity index (χ2v) is 5.07. The molecule has 0 saturated carbocycles. The second kappa shape index (κ2) is 4.61. The number of furan rings is 1. The van der Waals surface area contributed by atoms with Crippen molar-refractivity contribution in [3.8, 4) is 0 Å². The van der Waals surface area contributed by atoms with Crippen LogP contribution in [-0.2, 0) is 0 Å². The van der Waals surface area contributed by atoms with Crippen molar-refractivity contribution >= 4 is 21.8 Å². The zero-order valence-electron chi connectivity index (χ0n) is 9.62. The second-order valence-electron chi connectivity index (χ2n) is 4.28. The molecule has 2 aromatic heterocycles. The van der Waals surface area contributed by atoms with Crippen molar-refractivity contribution in [1.29, 1.82) is 0 Å². The van der Waals surface area contributed by atoms with Crippen LogP contribution in [0.2, 0.25) is 0 Å². The fraction of sp³-hybridized carbons (Fsp3) is 0.333. The maximum atomic E-state index is 12.2. The highest BCUT2D eigenvalue weighted by Crippen LogP contribution is 2.23. The maximum absolute atomic E-state index is 12.2. The molecule has 0 aliphatic carbocycles. The van der Waals surface area contributed by atoms with E-state index in [1.165, 1.54) is 0 Å². The molecule has 94 valence electrons. The standard InChI is InChI=1S/C12H12BrN3O2/c13-11-3-2-10(18-11)12(17)15-7-4-9(8-15)16-6-1-5-14-16/h1-3,5-6,9H,4,7-8H2. The molecule has 1 aliphatic rings. The number of amides is 1. The van der Waals surface area contributed by atoms with Gasteiger partial charge in [-0.15, -0.1) is 0 Å². The number of carbonyl (C=O) groups is 1. The van der Waals surface area contributed by atoms with Gasteiger partial charge in [0.15, 0.2) is 10.4 Å². The van der Waals surface area contributed by atoms with Gasteiger partial charge in [0.05, 0.1) is 6.04 Å². The smallest absolute Gasteiger partial charge is 0.289 e. The summed E-state index contributed by atoms with van der Waals surface area (Å²) >= 11 is 3.20. The lowest BCUT2D eigenvalue weighted by Gasteiger charge is -2.15. The summed E-state index contributed by atoms with van der Waals surface area (Å²) in [6.45, 7) is 1.42. The summed E-state index contributed by atoms with van der Waals surface area (Å²) in [4.78, 5) is 14.0. The van der Waals surface area contributed by atoms with Gasteiger partial charge in [0, 0.05) is 25.5 Å². The van der Waals surface area contributed by atoms with E-state index >= 15 is 0 Å². The maximum Gasteiger partial charge on any atom is 0.289 e. The Bertz CT molecular complexity index is 549. The van der Waals surface area contributed by atoms with E-state index in [9.17, 15) is 4.79 Å². The summed E-state index contributed by atoms with van der Waals surface area (Å²) in [5.41, 5.74) is 0. The van der Waals surface area contributed by atoms with Gasteiger partial charge in [0.2, 0.25) is 0 Å². The molecule has 3 rings (SSSR count). The molecular formula is C12H12BrN3O2. The number of carbonyl (C=O) groups excluding carboxylic acids is 1. The molecule has 3 heterocycles. The van der Waals surface area contributed by atoms with Crippen molar-refractivity contribution in [3.05, 3.63) is 41.0 Å². The lowest BCUT2D eigenvalue weighted by molar-refractivity contribution is 0.0754. The monoisotopic (exact) mass is 309 g/mol. The first-order valence-electron chi connectivity index (χ1n) is 5.78. The minimum absolute atomic E-state index is 0.0599. The van der Waals surface area contributed by atoms with Gasteiger partial charge in [-0.05, 0) is 40.5 Å². The van der Waals surface area contributed by atoms with Crippen LogP contribution in [0.3, 0.4) is 0 Å². The first kappa shape index (κ1) is 11.5. The summed E-state index contributed by atoms with van der Waals surface area (Å²) in [5, 5.41) is 4.22. The summed E-state index contributed by atoms with van der Waals surface area (Å²) in [5.74, 6) is 0.318. The average molecular weight is 310 g/mol. The highest BCUT2D eigenvalue weighted by molar-refractivity contribution is 9.10. The number of rotatable bonds is 2. The molecule has 1 saturated heterocycles. The zero-order valence-corrected chi connectivity index (χ0v) is 11.2. The van der Waals surface area contributed by atoms with Gasteiger partial charge in [-0.1, -0.05) is 0 Å². The van der Waals surface area contributed by atoms with Gasteiger partial charge in [0.1, 0.15) is 0 Å². The molecule has 6 heteroatoms. The summed E-state index contributed by atoms with van der Waals surface area (Å²) in [6, 6.07) is 5.58. The highest BCUT2D eigenvalue weighted by atomic mass is 79.9. The molecule has 1 atom stereocenters. The van der Waals surface area contributed by atoms with Crippen molar-refractivity contribution in [2.45, 2.75) is 12.5 Å². The summed E-state index contributed by atoms with van der Waals surface area (Å²) < 4.78 is 7.77. The quantitative estimate of drug-likeness (QED) is 0.855. The molecule has 0 radical (unpaired) electrons. The first-order valence-corrected chi connectivity index (χ1v) is 6.57. The minimum atomic E-state index is -0.0599. The third kappa shape index (κ3) is 2.08. The van der Waals surface area contributed by atoms with Crippen LogP contribution in [0.5, 0.6) is 0 Å². The Kier molecular flexibility index (Phi) is 2.95. The lowest BCUT2D eigenvalue weighted by Crippen LogP contribution is -2.28.